The van der Waals surface area contributed by atoms with Crippen LogP contribution in [-0.2, 0) is 6.42 Å². The van der Waals surface area contributed by atoms with Crippen LogP contribution < -0.4 is 5.32 Å². The Morgan fingerprint density at radius 2 is 1.64 bits per heavy atom. The number of aryl methyl sites for hydroxylation is 2. The molecule has 1 heteroatoms. The van der Waals surface area contributed by atoms with Crippen LogP contribution in [0.3, 0.4) is 0 Å². The maximum Gasteiger partial charge on any atom is 0.00438 e. The molecular formula is C24H33N. The van der Waals surface area contributed by atoms with Gasteiger partial charge in [-0.3, -0.25) is 0 Å². The van der Waals surface area contributed by atoms with Crippen molar-refractivity contribution in [2.75, 3.05) is 7.05 Å². The zero-order valence-corrected chi connectivity index (χ0v) is 16.9. The Bertz CT molecular complexity index is 721. The number of benzene rings is 2. The predicted octanol–water partition coefficient (Wildman–Crippen LogP) is 6.39. The van der Waals surface area contributed by atoms with E-state index in [2.05, 4.69) is 87.8 Å². The number of rotatable bonds is 5. The lowest BCUT2D eigenvalue weighted by Gasteiger charge is -2.11. The van der Waals surface area contributed by atoms with Gasteiger partial charge >= 0.3 is 0 Å². The predicted molar refractivity (Wildman–Crippen MR) is 113 cm³/mol. The van der Waals surface area contributed by atoms with Crippen molar-refractivity contribution in [1.29, 1.82) is 0 Å². The molecule has 0 aromatic heterocycles. The van der Waals surface area contributed by atoms with E-state index < -0.39 is 0 Å². The summed E-state index contributed by atoms with van der Waals surface area (Å²) < 4.78 is 0. The first kappa shape index (κ1) is 20.8. The summed E-state index contributed by atoms with van der Waals surface area (Å²) in [6.45, 7) is 12.8. The van der Waals surface area contributed by atoms with Crippen LogP contribution in [0.2, 0.25) is 0 Å². The summed E-state index contributed by atoms with van der Waals surface area (Å²) in [4.78, 5) is 0. The highest BCUT2D eigenvalue weighted by Crippen LogP contribution is 2.23. The molecule has 0 aliphatic heterocycles. The van der Waals surface area contributed by atoms with Crippen LogP contribution in [0, 0.1) is 20.8 Å². The minimum absolute atomic E-state index is 0.966. The number of nitrogens with one attached hydrogen (secondary N) is 1. The summed E-state index contributed by atoms with van der Waals surface area (Å²) in [6.07, 6.45) is 5.38. The quantitative estimate of drug-likeness (QED) is 0.624. The van der Waals surface area contributed by atoms with Crippen LogP contribution in [0.1, 0.15) is 48.6 Å². The van der Waals surface area contributed by atoms with Gasteiger partial charge in [-0.25, -0.2) is 0 Å². The molecule has 0 heterocycles. The molecular weight excluding hydrogens is 302 g/mol. The number of hydrogen-bond acceptors (Lipinski definition) is 1. The van der Waals surface area contributed by atoms with Gasteiger partial charge in [0.2, 0.25) is 0 Å². The van der Waals surface area contributed by atoms with Crippen molar-refractivity contribution in [3.63, 3.8) is 0 Å². The monoisotopic (exact) mass is 335 g/mol. The second kappa shape index (κ2) is 10.6. The summed E-state index contributed by atoms with van der Waals surface area (Å²) in [7, 11) is 1.95. The fourth-order valence-corrected chi connectivity index (χ4v) is 2.90. The summed E-state index contributed by atoms with van der Waals surface area (Å²) >= 11 is 0. The van der Waals surface area contributed by atoms with Crippen LogP contribution in [0.4, 0.5) is 0 Å². The second-order valence-electron chi connectivity index (χ2n) is 6.17. The standard InChI is InChI=1S/C22H27N.C2H6/c1-16-13-18(3)19(4)21(14-16)12-11-17(2)22(15-23-5)20-9-7-6-8-10-20;1-2/h6-11,13-15,23H,12H2,1-5H3;1-2H3/b17-11-,22-15+;. The molecule has 1 nitrogen and oxygen atoms in total. The molecule has 0 amide bonds. The zero-order chi connectivity index (χ0) is 18.8. The number of hydrogen-bond donors (Lipinski definition) is 1. The molecule has 0 saturated carbocycles. The molecule has 0 atom stereocenters. The fraction of sp³-hybridized carbons (Fsp3) is 0.333. The minimum Gasteiger partial charge on any atom is -0.393 e. The highest BCUT2D eigenvalue weighted by molar-refractivity contribution is 5.78. The smallest absolute Gasteiger partial charge is 0.00438 e. The molecule has 2 aromatic carbocycles. The van der Waals surface area contributed by atoms with Gasteiger partial charge in [-0.15, -0.1) is 0 Å². The maximum atomic E-state index is 3.17. The Hall–Kier alpha value is -2.28. The third-order valence-electron chi connectivity index (χ3n) is 4.35. The van der Waals surface area contributed by atoms with E-state index in [0.717, 1.165) is 6.42 Å². The lowest BCUT2D eigenvalue weighted by atomic mass is 9.95. The lowest BCUT2D eigenvalue weighted by molar-refractivity contribution is 1.10. The van der Waals surface area contributed by atoms with Gasteiger partial charge in [0.05, 0.1) is 0 Å². The Labute approximate surface area is 154 Å². The largest absolute Gasteiger partial charge is 0.393 e. The molecule has 0 spiro atoms. The van der Waals surface area contributed by atoms with Crippen molar-refractivity contribution in [2.45, 2.75) is 48.0 Å². The molecule has 0 bridgehead atoms. The van der Waals surface area contributed by atoms with Gasteiger partial charge in [0, 0.05) is 13.2 Å². The van der Waals surface area contributed by atoms with E-state index in [0.29, 0.717) is 0 Å². The van der Waals surface area contributed by atoms with Crippen molar-refractivity contribution < 1.29 is 0 Å². The summed E-state index contributed by atoms with van der Waals surface area (Å²) in [5.41, 5.74) is 9.31. The van der Waals surface area contributed by atoms with Gasteiger partial charge in [-0.1, -0.05) is 68.0 Å². The Morgan fingerprint density at radius 1 is 1.00 bits per heavy atom. The third-order valence-corrected chi connectivity index (χ3v) is 4.35. The average molecular weight is 336 g/mol. The summed E-state index contributed by atoms with van der Waals surface area (Å²) in [5.74, 6) is 0. The minimum atomic E-state index is 0.966. The van der Waals surface area contributed by atoms with Gasteiger partial charge in [0.15, 0.2) is 0 Å². The van der Waals surface area contributed by atoms with E-state index in [4.69, 9.17) is 0 Å². The number of allylic oxidation sites excluding steroid dienone is 3. The highest BCUT2D eigenvalue weighted by atomic mass is 14.8. The maximum absolute atomic E-state index is 3.17. The first-order valence-corrected chi connectivity index (χ1v) is 9.19. The highest BCUT2D eigenvalue weighted by Gasteiger charge is 2.05. The Balaban J connectivity index is 0.00000151. The molecule has 25 heavy (non-hydrogen) atoms. The van der Waals surface area contributed by atoms with E-state index in [9.17, 15) is 0 Å². The van der Waals surface area contributed by atoms with Crippen molar-refractivity contribution >= 4 is 5.57 Å². The molecule has 2 rings (SSSR count). The van der Waals surface area contributed by atoms with Crippen LogP contribution in [-0.4, -0.2) is 7.05 Å². The van der Waals surface area contributed by atoms with Crippen molar-refractivity contribution in [3.05, 3.63) is 88.1 Å². The van der Waals surface area contributed by atoms with Crippen LogP contribution in [0.5, 0.6) is 0 Å². The molecule has 0 fully saturated rings. The van der Waals surface area contributed by atoms with Gasteiger partial charge in [0.25, 0.3) is 0 Å². The molecule has 134 valence electrons. The van der Waals surface area contributed by atoms with E-state index >= 15 is 0 Å². The van der Waals surface area contributed by atoms with Crippen molar-refractivity contribution in [1.82, 2.24) is 5.32 Å². The molecule has 0 radical (unpaired) electrons. The Kier molecular flexibility index (Phi) is 8.77. The molecule has 2 aromatic rings. The molecule has 0 saturated heterocycles. The van der Waals surface area contributed by atoms with E-state index in [-0.39, 0.29) is 0 Å². The van der Waals surface area contributed by atoms with Gasteiger partial charge in [0.1, 0.15) is 0 Å². The van der Waals surface area contributed by atoms with Crippen LogP contribution >= 0.6 is 0 Å². The van der Waals surface area contributed by atoms with Crippen molar-refractivity contribution in [3.8, 4) is 0 Å². The van der Waals surface area contributed by atoms with Gasteiger partial charge in [-0.05, 0) is 67.5 Å². The van der Waals surface area contributed by atoms with Crippen molar-refractivity contribution in [2.24, 2.45) is 0 Å². The Morgan fingerprint density at radius 3 is 2.24 bits per heavy atom. The fourth-order valence-electron chi connectivity index (χ4n) is 2.90. The normalized spacial score (nSPS) is 11.6. The van der Waals surface area contributed by atoms with Crippen LogP contribution in [0.25, 0.3) is 5.57 Å². The third kappa shape index (κ3) is 5.94. The lowest BCUT2D eigenvalue weighted by Crippen LogP contribution is -1.98. The van der Waals surface area contributed by atoms with Gasteiger partial charge in [-0.2, -0.15) is 0 Å². The molecule has 0 aliphatic carbocycles. The SMILES string of the molecule is CC.CN/C=C(\C(C)=C/Cc1cc(C)cc(C)c1C)c1ccccc1. The van der Waals surface area contributed by atoms with E-state index in [1.807, 2.05) is 20.9 Å². The first-order chi connectivity index (χ1) is 12.0. The summed E-state index contributed by atoms with van der Waals surface area (Å²) in [5, 5.41) is 3.17. The molecule has 0 aliphatic rings. The van der Waals surface area contributed by atoms with Crippen LogP contribution in [0.15, 0.2) is 60.3 Å². The zero-order valence-electron chi connectivity index (χ0n) is 16.9. The van der Waals surface area contributed by atoms with E-state index in [1.54, 1.807) is 0 Å². The molecule has 0 unspecified atom stereocenters. The first-order valence-electron chi connectivity index (χ1n) is 9.19. The topological polar surface area (TPSA) is 12.0 Å². The van der Waals surface area contributed by atoms with E-state index in [1.165, 1.54) is 39.0 Å². The second-order valence-corrected chi connectivity index (χ2v) is 6.17. The summed E-state index contributed by atoms with van der Waals surface area (Å²) in [6, 6.07) is 15.1. The average Bonchev–Trinajstić information content (AvgIpc) is 2.63. The van der Waals surface area contributed by atoms with Gasteiger partial charge < -0.3 is 5.32 Å². The molecule has 1 N–H and O–H groups in total.